The third-order valence-electron chi connectivity index (χ3n) is 1.81. The summed E-state index contributed by atoms with van der Waals surface area (Å²) in [6, 6.07) is 7.26. The first kappa shape index (κ1) is 12.5. The first-order valence-electron chi connectivity index (χ1n) is 4.74. The number of H-pyrrole nitrogens is 1. The molecule has 7 heteroatoms. The molecule has 17 heavy (non-hydrogen) atoms. The van der Waals surface area contributed by atoms with Crippen LogP contribution < -0.4 is 4.74 Å². The molecule has 0 amide bonds. The molecule has 1 heterocycles. The fourth-order valence-corrected chi connectivity index (χ4v) is 2.04. The fraction of sp³-hybridized carbons (Fsp3) is 0.200. The highest BCUT2D eigenvalue weighted by Crippen LogP contribution is 2.19. The Morgan fingerprint density at radius 1 is 1.53 bits per heavy atom. The van der Waals surface area contributed by atoms with Crippen LogP contribution in [0.25, 0.3) is 0 Å². The van der Waals surface area contributed by atoms with Gasteiger partial charge in [0.15, 0.2) is 0 Å². The van der Waals surface area contributed by atoms with Gasteiger partial charge in [-0.3, -0.25) is 0 Å². The van der Waals surface area contributed by atoms with Crippen LogP contribution in [-0.4, -0.2) is 16.1 Å². The lowest BCUT2D eigenvalue weighted by molar-refractivity contribution is 0.392. The number of aromatic nitrogens is 2. The molecule has 90 valence electrons. The van der Waals surface area contributed by atoms with E-state index < -0.39 is 0 Å². The SMILES string of the molecule is S=c1[nH]nc(CSCOc2cccc(Cl)c2)o1. The number of ether oxygens (including phenoxy) is 1. The number of thioether (sulfide) groups is 1. The normalized spacial score (nSPS) is 10.4. The average molecular weight is 289 g/mol. The molecule has 4 nitrogen and oxygen atoms in total. The van der Waals surface area contributed by atoms with E-state index in [1.165, 1.54) is 11.8 Å². The summed E-state index contributed by atoms with van der Waals surface area (Å²) in [4.78, 5) is 0.288. The van der Waals surface area contributed by atoms with Crippen molar-refractivity contribution in [3.8, 4) is 5.75 Å². The van der Waals surface area contributed by atoms with Crippen molar-refractivity contribution in [1.82, 2.24) is 10.2 Å². The first-order valence-corrected chi connectivity index (χ1v) is 6.68. The Morgan fingerprint density at radius 3 is 3.12 bits per heavy atom. The molecule has 2 aromatic rings. The lowest BCUT2D eigenvalue weighted by atomic mass is 10.3. The van der Waals surface area contributed by atoms with Gasteiger partial charge in [-0.1, -0.05) is 17.7 Å². The van der Waals surface area contributed by atoms with Crippen LogP contribution in [0.1, 0.15) is 5.89 Å². The predicted molar refractivity (Wildman–Crippen MR) is 69.9 cm³/mol. The maximum atomic E-state index is 5.83. The van der Waals surface area contributed by atoms with Crippen molar-refractivity contribution >= 4 is 35.6 Å². The standard InChI is InChI=1S/C10H9ClN2O2S2/c11-7-2-1-3-8(4-7)14-6-17-5-9-12-13-10(16)15-9/h1-4H,5-6H2,(H,13,16). The second-order valence-electron chi connectivity index (χ2n) is 3.07. The number of nitrogens with one attached hydrogen (secondary N) is 1. The number of benzene rings is 1. The Labute approximate surface area is 112 Å². The Morgan fingerprint density at radius 2 is 2.41 bits per heavy atom. The summed E-state index contributed by atoms with van der Waals surface area (Å²) in [5.74, 6) is 2.41. The molecule has 0 radical (unpaired) electrons. The van der Waals surface area contributed by atoms with Crippen LogP contribution in [-0.2, 0) is 5.75 Å². The van der Waals surface area contributed by atoms with Gasteiger partial charge in [0.1, 0.15) is 11.7 Å². The summed E-state index contributed by atoms with van der Waals surface area (Å²) in [6.45, 7) is 0. The minimum Gasteiger partial charge on any atom is -0.483 e. The van der Waals surface area contributed by atoms with E-state index >= 15 is 0 Å². The fourth-order valence-electron chi connectivity index (χ4n) is 1.12. The Hall–Kier alpha value is -0.980. The smallest absolute Gasteiger partial charge is 0.284 e. The molecule has 0 aliphatic rings. The van der Waals surface area contributed by atoms with Crippen LogP contribution >= 0.6 is 35.6 Å². The summed E-state index contributed by atoms with van der Waals surface area (Å²) in [5, 5.41) is 7.10. The zero-order valence-electron chi connectivity index (χ0n) is 8.68. The van der Waals surface area contributed by atoms with Gasteiger partial charge in [-0.2, -0.15) is 0 Å². The number of rotatable bonds is 5. The molecule has 0 saturated carbocycles. The van der Waals surface area contributed by atoms with Gasteiger partial charge in [0.05, 0.1) is 5.75 Å². The van der Waals surface area contributed by atoms with Crippen LogP contribution in [0.5, 0.6) is 5.75 Å². The van der Waals surface area contributed by atoms with E-state index in [4.69, 9.17) is 33.0 Å². The topological polar surface area (TPSA) is 51.0 Å². The zero-order valence-corrected chi connectivity index (χ0v) is 11.1. The third kappa shape index (κ3) is 4.07. The minimum absolute atomic E-state index is 0.288. The van der Waals surface area contributed by atoms with Crippen molar-refractivity contribution in [2.45, 2.75) is 5.75 Å². The van der Waals surface area contributed by atoms with E-state index in [2.05, 4.69) is 10.2 Å². The highest BCUT2D eigenvalue weighted by molar-refractivity contribution is 7.98. The molecular weight excluding hydrogens is 280 g/mol. The van der Waals surface area contributed by atoms with E-state index in [0.29, 0.717) is 22.6 Å². The van der Waals surface area contributed by atoms with E-state index in [1.54, 1.807) is 12.1 Å². The van der Waals surface area contributed by atoms with Gasteiger partial charge in [0, 0.05) is 5.02 Å². The average Bonchev–Trinajstić information content (AvgIpc) is 2.71. The van der Waals surface area contributed by atoms with E-state index in [1.807, 2.05) is 12.1 Å². The number of hydrogen-bond acceptors (Lipinski definition) is 5. The summed E-state index contributed by atoms with van der Waals surface area (Å²) < 4.78 is 10.6. The van der Waals surface area contributed by atoms with Gasteiger partial charge in [-0.05, 0) is 30.4 Å². The zero-order chi connectivity index (χ0) is 12.1. The molecule has 0 bridgehead atoms. The summed E-state index contributed by atoms with van der Waals surface area (Å²) in [7, 11) is 0. The Kier molecular flexibility index (Phi) is 4.47. The highest BCUT2D eigenvalue weighted by Gasteiger charge is 2.00. The number of aromatic amines is 1. The van der Waals surface area contributed by atoms with E-state index in [9.17, 15) is 0 Å². The van der Waals surface area contributed by atoms with Gasteiger partial charge in [-0.15, -0.1) is 16.9 Å². The van der Waals surface area contributed by atoms with Crippen LogP contribution in [0.2, 0.25) is 5.02 Å². The number of nitrogens with zero attached hydrogens (tertiary/aromatic N) is 1. The second-order valence-corrected chi connectivity index (χ2v) is 4.81. The van der Waals surface area contributed by atoms with Gasteiger partial charge >= 0.3 is 0 Å². The van der Waals surface area contributed by atoms with Gasteiger partial charge < -0.3 is 9.15 Å². The monoisotopic (exact) mass is 288 g/mol. The summed E-state index contributed by atoms with van der Waals surface area (Å²) >= 11 is 12.1. The van der Waals surface area contributed by atoms with Crippen molar-refractivity contribution < 1.29 is 9.15 Å². The largest absolute Gasteiger partial charge is 0.483 e. The molecule has 0 atom stereocenters. The van der Waals surface area contributed by atoms with Crippen LogP contribution in [0.4, 0.5) is 0 Å². The molecule has 0 unspecified atom stereocenters. The molecule has 0 saturated heterocycles. The van der Waals surface area contributed by atoms with Crippen LogP contribution in [0.15, 0.2) is 28.7 Å². The summed E-state index contributed by atoms with van der Waals surface area (Å²) in [6.07, 6.45) is 0. The van der Waals surface area contributed by atoms with Gasteiger partial charge in [0.25, 0.3) is 4.84 Å². The molecular formula is C10H9ClN2O2S2. The van der Waals surface area contributed by atoms with E-state index in [0.717, 1.165) is 5.75 Å². The molecule has 2 rings (SSSR count). The van der Waals surface area contributed by atoms with Crippen molar-refractivity contribution in [2.75, 3.05) is 5.94 Å². The van der Waals surface area contributed by atoms with E-state index in [-0.39, 0.29) is 4.84 Å². The maximum absolute atomic E-state index is 5.83. The minimum atomic E-state index is 0.288. The lowest BCUT2D eigenvalue weighted by Gasteiger charge is -2.04. The number of halogens is 1. The Balaban J connectivity index is 1.75. The van der Waals surface area contributed by atoms with Crippen molar-refractivity contribution in [1.29, 1.82) is 0 Å². The quantitative estimate of drug-likeness (QED) is 0.517. The maximum Gasteiger partial charge on any atom is 0.284 e. The molecule has 1 aromatic heterocycles. The molecule has 0 aliphatic carbocycles. The Bertz CT molecular complexity index is 541. The lowest BCUT2D eigenvalue weighted by Crippen LogP contribution is -1.93. The molecule has 1 aromatic carbocycles. The van der Waals surface area contributed by atoms with Crippen LogP contribution in [0.3, 0.4) is 0 Å². The molecule has 0 spiro atoms. The molecule has 0 aliphatic heterocycles. The van der Waals surface area contributed by atoms with Crippen LogP contribution in [0, 0.1) is 4.84 Å². The third-order valence-corrected chi connectivity index (χ3v) is 2.96. The molecule has 0 fully saturated rings. The van der Waals surface area contributed by atoms with Gasteiger partial charge in [-0.25, -0.2) is 5.10 Å². The van der Waals surface area contributed by atoms with Crippen molar-refractivity contribution in [3.63, 3.8) is 0 Å². The van der Waals surface area contributed by atoms with Gasteiger partial charge in [0.2, 0.25) is 5.89 Å². The van der Waals surface area contributed by atoms with Crippen molar-refractivity contribution in [3.05, 3.63) is 40.0 Å². The predicted octanol–water partition coefficient (Wildman–Crippen LogP) is 3.66. The first-order chi connectivity index (χ1) is 8.24. The van der Waals surface area contributed by atoms with Crippen molar-refractivity contribution in [2.24, 2.45) is 0 Å². The number of hydrogen-bond donors (Lipinski definition) is 1. The highest BCUT2D eigenvalue weighted by atomic mass is 35.5. The summed E-state index contributed by atoms with van der Waals surface area (Å²) in [5.41, 5.74) is 0. The second kappa shape index (κ2) is 6.09. The molecule has 1 N–H and O–H groups in total.